The van der Waals surface area contributed by atoms with Crippen molar-refractivity contribution in [3.05, 3.63) is 81.5 Å². The highest BCUT2D eigenvalue weighted by Gasteiger charge is 2.34. The lowest BCUT2D eigenvalue weighted by molar-refractivity contribution is -0.143. The number of carbonyl (C=O) groups excluding carboxylic acids is 2. The van der Waals surface area contributed by atoms with Gasteiger partial charge in [-0.1, -0.05) is 29.8 Å². The van der Waals surface area contributed by atoms with E-state index in [0.717, 1.165) is 16.0 Å². The first kappa shape index (κ1) is 27.3. The first-order valence-electron chi connectivity index (χ1n) is 11.9. The van der Waals surface area contributed by atoms with Crippen molar-refractivity contribution < 1.29 is 14.3 Å². The van der Waals surface area contributed by atoms with Gasteiger partial charge < -0.3 is 15.0 Å². The number of benzene rings is 2. The molecule has 1 N–H and O–H groups in total. The maximum Gasteiger partial charge on any atom is 0.248 e. The Morgan fingerprint density at radius 3 is 2.55 bits per heavy atom. The van der Waals surface area contributed by atoms with Crippen molar-refractivity contribution in [2.24, 2.45) is 0 Å². The molecule has 0 spiro atoms. The number of hydrogen-bond acceptors (Lipinski definition) is 7. The molecule has 0 aliphatic heterocycles. The zero-order chi connectivity index (χ0) is 27.3. The fraction of sp³-hybridized carbons (Fsp3) is 0.296. The first-order valence-corrected chi connectivity index (χ1v) is 13.2. The molecule has 4 aromatic rings. The van der Waals surface area contributed by atoms with Crippen LogP contribution >= 0.6 is 22.9 Å². The molecule has 2 heterocycles. The molecule has 2 aromatic heterocycles. The summed E-state index contributed by atoms with van der Waals surface area (Å²) in [4.78, 5) is 31.0. The van der Waals surface area contributed by atoms with Gasteiger partial charge in [-0.15, -0.1) is 21.5 Å². The van der Waals surface area contributed by atoms with E-state index < -0.39 is 11.6 Å². The Bertz CT molecular complexity index is 1380. The quantitative estimate of drug-likeness (QED) is 0.321. The van der Waals surface area contributed by atoms with Crippen LogP contribution in [-0.2, 0) is 22.7 Å². The van der Waals surface area contributed by atoms with Gasteiger partial charge in [-0.3, -0.25) is 9.59 Å². The van der Waals surface area contributed by atoms with Gasteiger partial charge in [0.15, 0.2) is 0 Å². The van der Waals surface area contributed by atoms with Crippen molar-refractivity contribution in [3.63, 3.8) is 0 Å². The molecule has 0 saturated carbocycles. The normalized spacial score (nSPS) is 12.1. The predicted molar refractivity (Wildman–Crippen MR) is 147 cm³/mol. The van der Waals surface area contributed by atoms with Crippen LogP contribution in [0.3, 0.4) is 0 Å². The van der Waals surface area contributed by atoms with E-state index in [1.54, 1.807) is 36.3 Å². The van der Waals surface area contributed by atoms with Gasteiger partial charge in [0.2, 0.25) is 17.6 Å². The molecule has 0 aliphatic rings. The summed E-state index contributed by atoms with van der Waals surface area (Å²) in [5.74, 6) is 0.418. The molecule has 0 bridgehead atoms. The molecule has 4 rings (SSSR count). The van der Waals surface area contributed by atoms with E-state index in [-0.39, 0.29) is 24.9 Å². The Hall–Kier alpha value is -3.76. The number of nitrogens with zero attached hydrogens (tertiary/aromatic N) is 5. The smallest absolute Gasteiger partial charge is 0.248 e. The fourth-order valence-electron chi connectivity index (χ4n) is 3.84. The van der Waals surface area contributed by atoms with Crippen LogP contribution in [0.4, 0.5) is 0 Å². The molecule has 1 atom stereocenters. The van der Waals surface area contributed by atoms with Crippen molar-refractivity contribution >= 4 is 34.8 Å². The highest BCUT2D eigenvalue weighted by atomic mass is 35.5. The Labute approximate surface area is 230 Å². The fourth-order valence-corrected chi connectivity index (χ4v) is 4.80. The van der Waals surface area contributed by atoms with E-state index in [1.807, 2.05) is 62.5 Å². The topological polar surface area (TPSA) is 102 Å². The van der Waals surface area contributed by atoms with Crippen LogP contribution in [0.1, 0.15) is 37.3 Å². The zero-order valence-corrected chi connectivity index (χ0v) is 23.2. The van der Waals surface area contributed by atoms with Gasteiger partial charge >= 0.3 is 0 Å². The number of halogens is 1. The van der Waals surface area contributed by atoms with Crippen molar-refractivity contribution in [1.29, 1.82) is 0 Å². The molecule has 2 amide bonds. The molecule has 1 unspecified atom stereocenters. The average molecular weight is 553 g/mol. The standard InChI is InChI=1S/C27H29ClN6O3S/c1-27(2,3)29-26(36)24(22-9-6-14-38-22)33(16-18-7-5-8-21(15-18)37-4)23(35)17-34-31-25(30-32-34)19-10-12-20(28)13-11-19/h5-15,24H,16-17H2,1-4H3,(H,29,36). The summed E-state index contributed by atoms with van der Waals surface area (Å²) in [7, 11) is 1.59. The molecule has 0 aliphatic carbocycles. The molecule has 38 heavy (non-hydrogen) atoms. The summed E-state index contributed by atoms with van der Waals surface area (Å²) >= 11 is 7.40. The Balaban J connectivity index is 1.67. The second kappa shape index (κ2) is 11.7. The van der Waals surface area contributed by atoms with Gasteiger partial charge in [0.05, 0.1) is 7.11 Å². The summed E-state index contributed by atoms with van der Waals surface area (Å²) in [6, 6.07) is 17.3. The Morgan fingerprint density at radius 1 is 1.13 bits per heavy atom. The lowest BCUT2D eigenvalue weighted by Gasteiger charge is -2.33. The van der Waals surface area contributed by atoms with Gasteiger partial charge in [0.1, 0.15) is 18.3 Å². The van der Waals surface area contributed by atoms with E-state index >= 15 is 0 Å². The summed E-state index contributed by atoms with van der Waals surface area (Å²) in [5.41, 5.74) is 1.05. The van der Waals surface area contributed by atoms with Crippen LogP contribution in [0.5, 0.6) is 5.75 Å². The molecule has 11 heteroatoms. The number of tetrazole rings is 1. The summed E-state index contributed by atoms with van der Waals surface area (Å²) in [6.45, 7) is 5.69. The number of nitrogens with one attached hydrogen (secondary N) is 1. The predicted octanol–water partition coefficient (Wildman–Crippen LogP) is 4.75. The second-order valence-corrected chi connectivity index (χ2v) is 11.1. The van der Waals surface area contributed by atoms with E-state index in [9.17, 15) is 9.59 Å². The highest BCUT2D eigenvalue weighted by molar-refractivity contribution is 7.10. The monoisotopic (exact) mass is 552 g/mol. The van der Waals surface area contributed by atoms with Gasteiger partial charge in [-0.05, 0) is 79.4 Å². The minimum atomic E-state index is -0.854. The maximum atomic E-state index is 13.8. The molecule has 0 fully saturated rings. The van der Waals surface area contributed by atoms with E-state index in [1.165, 1.54) is 16.1 Å². The first-order chi connectivity index (χ1) is 18.1. The number of hydrogen-bond donors (Lipinski definition) is 1. The van der Waals surface area contributed by atoms with Crippen LogP contribution in [0.25, 0.3) is 11.4 Å². The van der Waals surface area contributed by atoms with Crippen LogP contribution in [0.2, 0.25) is 5.02 Å². The molecular weight excluding hydrogens is 524 g/mol. The van der Waals surface area contributed by atoms with Crippen LogP contribution < -0.4 is 10.1 Å². The van der Waals surface area contributed by atoms with Gasteiger partial charge in [-0.2, -0.15) is 4.80 Å². The van der Waals surface area contributed by atoms with Crippen LogP contribution in [-0.4, -0.2) is 49.6 Å². The lowest BCUT2D eigenvalue weighted by atomic mass is 10.1. The number of thiophene rings is 1. The molecular formula is C27H29ClN6O3S. The average Bonchev–Trinajstić information content (AvgIpc) is 3.56. The number of carbonyl (C=O) groups is 2. The summed E-state index contributed by atoms with van der Waals surface area (Å²) in [5, 5.41) is 18.1. The highest BCUT2D eigenvalue weighted by Crippen LogP contribution is 2.29. The maximum absolute atomic E-state index is 13.8. The SMILES string of the molecule is COc1cccc(CN(C(=O)Cn2nnc(-c3ccc(Cl)cc3)n2)C(C(=O)NC(C)(C)C)c2cccs2)c1. The Kier molecular flexibility index (Phi) is 8.43. The van der Waals surface area contributed by atoms with Crippen LogP contribution in [0.15, 0.2) is 66.0 Å². The minimum Gasteiger partial charge on any atom is -0.497 e. The Morgan fingerprint density at radius 2 is 1.89 bits per heavy atom. The molecule has 198 valence electrons. The summed E-state index contributed by atoms with van der Waals surface area (Å²) < 4.78 is 5.37. The number of ether oxygens (including phenoxy) is 1. The second-order valence-electron chi connectivity index (χ2n) is 9.68. The molecule has 0 saturated heterocycles. The largest absolute Gasteiger partial charge is 0.497 e. The van der Waals surface area contributed by atoms with E-state index in [0.29, 0.717) is 16.6 Å². The van der Waals surface area contributed by atoms with Gasteiger partial charge in [0, 0.05) is 27.5 Å². The van der Waals surface area contributed by atoms with E-state index in [2.05, 4.69) is 20.7 Å². The van der Waals surface area contributed by atoms with E-state index in [4.69, 9.17) is 16.3 Å². The molecule has 2 aromatic carbocycles. The lowest BCUT2D eigenvalue weighted by Crippen LogP contribution is -2.49. The van der Waals surface area contributed by atoms with Crippen molar-refractivity contribution in [1.82, 2.24) is 30.4 Å². The molecule has 0 radical (unpaired) electrons. The van der Waals surface area contributed by atoms with Gasteiger partial charge in [0.25, 0.3) is 0 Å². The number of aromatic nitrogens is 4. The summed E-state index contributed by atoms with van der Waals surface area (Å²) in [6.07, 6.45) is 0. The zero-order valence-electron chi connectivity index (χ0n) is 21.6. The van der Waals surface area contributed by atoms with Crippen LogP contribution in [0, 0.1) is 0 Å². The third kappa shape index (κ3) is 6.96. The third-order valence-electron chi connectivity index (χ3n) is 5.51. The number of amides is 2. The number of methoxy groups -OCH3 is 1. The third-order valence-corrected chi connectivity index (χ3v) is 6.69. The van der Waals surface area contributed by atoms with Crippen molar-refractivity contribution in [3.8, 4) is 17.1 Å². The van der Waals surface area contributed by atoms with Gasteiger partial charge in [-0.25, -0.2) is 0 Å². The van der Waals surface area contributed by atoms with Crippen molar-refractivity contribution in [2.75, 3.05) is 7.11 Å². The number of rotatable bonds is 9. The van der Waals surface area contributed by atoms with Crippen molar-refractivity contribution in [2.45, 2.75) is 45.4 Å². The molecule has 9 nitrogen and oxygen atoms in total. The minimum absolute atomic E-state index is 0.175.